The first kappa shape index (κ1) is 17.9. The van der Waals surface area contributed by atoms with Crippen LogP contribution in [-0.4, -0.2) is 54.5 Å². The molecule has 2 aliphatic rings. The number of carbonyl (C=O) groups excluding carboxylic acids is 1. The van der Waals surface area contributed by atoms with Gasteiger partial charge in [-0.25, -0.2) is 9.97 Å². The van der Waals surface area contributed by atoms with Gasteiger partial charge in [-0.05, 0) is 44.1 Å². The Morgan fingerprint density at radius 1 is 1.26 bits per heavy atom. The molecule has 3 heterocycles. The Morgan fingerprint density at radius 2 is 2.07 bits per heavy atom. The van der Waals surface area contributed by atoms with Gasteiger partial charge in [-0.15, -0.1) is 0 Å². The van der Waals surface area contributed by atoms with Crippen molar-refractivity contribution in [1.82, 2.24) is 20.2 Å². The Labute approximate surface area is 160 Å². The molecule has 1 fully saturated rings. The molecule has 1 saturated heterocycles. The number of piperidine rings is 1. The molecule has 1 amide bonds. The average molecular weight is 365 g/mol. The molecule has 142 valence electrons. The SMILES string of the molecule is CN(C)c1cccc(C(=O)N2CCc3nc(C4CCNCC4)ncc3C2)c1. The Morgan fingerprint density at radius 3 is 2.85 bits per heavy atom. The van der Waals surface area contributed by atoms with Crippen LogP contribution in [0, 0.1) is 0 Å². The summed E-state index contributed by atoms with van der Waals surface area (Å²) in [6.07, 6.45) is 4.95. The molecular weight excluding hydrogens is 338 g/mol. The summed E-state index contributed by atoms with van der Waals surface area (Å²) in [4.78, 5) is 26.4. The second kappa shape index (κ2) is 7.64. The first-order valence-corrected chi connectivity index (χ1v) is 9.74. The zero-order valence-corrected chi connectivity index (χ0v) is 16.1. The van der Waals surface area contributed by atoms with Crippen molar-refractivity contribution in [3.05, 3.63) is 53.1 Å². The number of carbonyl (C=O) groups is 1. The summed E-state index contributed by atoms with van der Waals surface area (Å²) in [5.74, 6) is 1.52. The van der Waals surface area contributed by atoms with Gasteiger partial charge < -0.3 is 15.1 Å². The number of nitrogens with one attached hydrogen (secondary N) is 1. The quantitative estimate of drug-likeness (QED) is 0.904. The third-order valence-electron chi connectivity index (χ3n) is 5.55. The minimum absolute atomic E-state index is 0.0757. The predicted molar refractivity (Wildman–Crippen MR) is 106 cm³/mol. The molecule has 0 bridgehead atoms. The number of fused-ring (bicyclic) bond motifs is 1. The Bertz CT molecular complexity index is 829. The van der Waals surface area contributed by atoms with Gasteiger partial charge in [-0.1, -0.05) is 6.07 Å². The lowest BCUT2D eigenvalue weighted by Gasteiger charge is -2.29. The maximum absolute atomic E-state index is 13.0. The normalized spacial score (nSPS) is 17.5. The molecule has 1 N–H and O–H groups in total. The summed E-state index contributed by atoms with van der Waals surface area (Å²) in [5, 5.41) is 3.39. The summed E-state index contributed by atoms with van der Waals surface area (Å²) in [6, 6.07) is 7.80. The predicted octanol–water partition coefficient (Wildman–Crippen LogP) is 2.21. The van der Waals surface area contributed by atoms with Crippen molar-refractivity contribution < 1.29 is 4.79 Å². The lowest BCUT2D eigenvalue weighted by Crippen LogP contribution is -2.37. The van der Waals surface area contributed by atoms with Crippen molar-refractivity contribution in [3.8, 4) is 0 Å². The van der Waals surface area contributed by atoms with Gasteiger partial charge in [0.25, 0.3) is 5.91 Å². The minimum Gasteiger partial charge on any atom is -0.378 e. The number of rotatable bonds is 3. The minimum atomic E-state index is 0.0757. The fourth-order valence-electron chi connectivity index (χ4n) is 3.88. The Kier molecular flexibility index (Phi) is 5.07. The van der Waals surface area contributed by atoms with Crippen molar-refractivity contribution in [2.24, 2.45) is 0 Å². The van der Waals surface area contributed by atoms with Crippen LogP contribution >= 0.6 is 0 Å². The van der Waals surface area contributed by atoms with E-state index in [-0.39, 0.29) is 5.91 Å². The molecule has 1 aromatic heterocycles. The maximum atomic E-state index is 13.0. The maximum Gasteiger partial charge on any atom is 0.254 e. The topological polar surface area (TPSA) is 61.4 Å². The molecule has 0 radical (unpaired) electrons. The van der Waals surface area contributed by atoms with Crippen LogP contribution < -0.4 is 10.2 Å². The van der Waals surface area contributed by atoms with Crippen LogP contribution in [0.5, 0.6) is 0 Å². The van der Waals surface area contributed by atoms with E-state index in [0.717, 1.165) is 60.7 Å². The van der Waals surface area contributed by atoms with Crippen LogP contribution in [0.4, 0.5) is 5.69 Å². The molecule has 6 nitrogen and oxygen atoms in total. The van der Waals surface area contributed by atoms with Gasteiger partial charge in [0.15, 0.2) is 0 Å². The van der Waals surface area contributed by atoms with E-state index in [1.807, 2.05) is 54.4 Å². The molecule has 2 aliphatic heterocycles. The van der Waals surface area contributed by atoms with Crippen molar-refractivity contribution in [1.29, 1.82) is 0 Å². The van der Waals surface area contributed by atoms with E-state index in [2.05, 4.69) is 10.3 Å². The lowest BCUT2D eigenvalue weighted by molar-refractivity contribution is 0.0733. The van der Waals surface area contributed by atoms with Crippen LogP contribution in [0.15, 0.2) is 30.5 Å². The number of hydrogen-bond donors (Lipinski definition) is 1. The number of amides is 1. The molecule has 0 spiro atoms. The van der Waals surface area contributed by atoms with Gasteiger partial charge in [-0.2, -0.15) is 0 Å². The van der Waals surface area contributed by atoms with Gasteiger partial charge in [0.1, 0.15) is 5.82 Å². The standard InChI is InChI=1S/C21H27N5O/c1-25(2)18-5-3-4-16(12-18)21(27)26-11-8-19-17(14-26)13-23-20(24-19)15-6-9-22-10-7-15/h3-5,12-13,15,22H,6-11,14H2,1-2H3. The zero-order valence-electron chi connectivity index (χ0n) is 16.1. The van der Waals surface area contributed by atoms with E-state index in [0.29, 0.717) is 19.0 Å². The molecule has 1 aromatic carbocycles. The van der Waals surface area contributed by atoms with E-state index >= 15 is 0 Å². The number of anilines is 1. The first-order valence-electron chi connectivity index (χ1n) is 9.74. The highest BCUT2D eigenvalue weighted by molar-refractivity contribution is 5.95. The van der Waals surface area contributed by atoms with Gasteiger partial charge in [-0.3, -0.25) is 4.79 Å². The molecule has 0 saturated carbocycles. The van der Waals surface area contributed by atoms with Crippen molar-refractivity contribution in [3.63, 3.8) is 0 Å². The van der Waals surface area contributed by atoms with Crippen LogP contribution in [-0.2, 0) is 13.0 Å². The molecule has 6 heteroatoms. The highest BCUT2D eigenvalue weighted by Gasteiger charge is 2.25. The summed E-state index contributed by atoms with van der Waals surface area (Å²) in [5.41, 5.74) is 3.96. The molecular formula is C21H27N5O. The van der Waals surface area contributed by atoms with Crippen LogP contribution in [0.3, 0.4) is 0 Å². The molecule has 0 aliphatic carbocycles. The molecule has 0 atom stereocenters. The third-order valence-corrected chi connectivity index (χ3v) is 5.55. The summed E-state index contributed by atoms with van der Waals surface area (Å²) in [7, 11) is 3.97. The van der Waals surface area contributed by atoms with Crippen LogP contribution in [0.25, 0.3) is 0 Å². The van der Waals surface area contributed by atoms with E-state index in [4.69, 9.17) is 4.98 Å². The Balaban J connectivity index is 1.49. The highest BCUT2D eigenvalue weighted by Crippen LogP contribution is 2.25. The lowest BCUT2D eigenvalue weighted by atomic mass is 9.96. The summed E-state index contributed by atoms with van der Waals surface area (Å²) >= 11 is 0. The van der Waals surface area contributed by atoms with E-state index in [1.54, 1.807) is 0 Å². The van der Waals surface area contributed by atoms with Crippen molar-refractivity contribution in [2.45, 2.75) is 31.7 Å². The monoisotopic (exact) mass is 365 g/mol. The first-order chi connectivity index (χ1) is 13.1. The molecule has 27 heavy (non-hydrogen) atoms. The van der Waals surface area contributed by atoms with Gasteiger partial charge in [0.05, 0.1) is 5.69 Å². The number of aromatic nitrogens is 2. The summed E-state index contributed by atoms with van der Waals surface area (Å²) in [6.45, 7) is 3.38. The van der Waals surface area contributed by atoms with E-state index < -0.39 is 0 Å². The molecule has 0 unspecified atom stereocenters. The number of benzene rings is 1. The largest absolute Gasteiger partial charge is 0.378 e. The van der Waals surface area contributed by atoms with E-state index in [9.17, 15) is 4.79 Å². The number of nitrogens with zero attached hydrogens (tertiary/aromatic N) is 4. The Hall–Kier alpha value is -2.47. The van der Waals surface area contributed by atoms with Gasteiger partial charge in [0, 0.05) is 62.5 Å². The van der Waals surface area contributed by atoms with Crippen molar-refractivity contribution >= 4 is 11.6 Å². The highest BCUT2D eigenvalue weighted by atomic mass is 16.2. The molecule has 2 aromatic rings. The van der Waals surface area contributed by atoms with Gasteiger partial charge >= 0.3 is 0 Å². The third kappa shape index (κ3) is 3.81. The van der Waals surface area contributed by atoms with E-state index in [1.165, 1.54) is 0 Å². The smallest absolute Gasteiger partial charge is 0.254 e. The fourth-order valence-corrected chi connectivity index (χ4v) is 3.88. The van der Waals surface area contributed by atoms with Crippen LogP contribution in [0.1, 0.15) is 46.2 Å². The summed E-state index contributed by atoms with van der Waals surface area (Å²) < 4.78 is 0. The number of hydrogen-bond acceptors (Lipinski definition) is 5. The molecule has 4 rings (SSSR count). The average Bonchev–Trinajstić information content (AvgIpc) is 2.73. The van der Waals surface area contributed by atoms with Gasteiger partial charge in [0.2, 0.25) is 0 Å². The zero-order chi connectivity index (χ0) is 18.8. The fraction of sp³-hybridized carbons (Fsp3) is 0.476. The second-order valence-corrected chi connectivity index (χ2v) is 7.65. The van der Waals surface area contributed by atoms with Crippen molar-refractivity contribution in [2.75, 3.05) is 38.6 Å². The second-order valence-electron chi connectivity index (χ2n) is 7.65. The van der Waals surface area contributed by atoms with Crippen LogP contribution in [0.2, 0.25) is 0 Å².